The van der Waals surface area contributed by atoms with Crippen LogP contribution in [0.3, 0.4) is 0 Å². The van der Waals surface area contributed by atoms with E-state index < -0.39 is 0 Å². The topological polar surface area (TPSA) is 15.8 Å². The molecule has 0 saturated carbocycles. The molecule has 1 radical (unpaired) electrons. The fourth-order valence-electron chi connectivity index (χ4n) is 2.10. The molecule has 23 heavy (non-hydrogen) atoms. The van der Waals surface area contributed by atoms with E-state index in [1.54, 1.807) is 5.19 Å². The van der Waals surface area contributed by atoms with E-state index in [0.717, 1.165) is 0 Å². The monoisotopic (exact) mass is 440 g/mol. The molecule has 0 fully saturated rings. The molecule has 1 nitrogen and oxygen atoms in total. The molecule has 5 heteroatoms. The number of H-pyrrole nitrogens is 1. The largest absolute Gasteiger partial charge is 4.00 e. The van der Waals surface area contributed by atoms with Gasteiger partial charge in [0.05, 0.1) is 8.80 Å². The summed E-state index contributed by atoms with van der Waals surface area (Å²) in [7, 11) is -0.273. The summed E-state index contributed by atoms with van der Waals surface area (Å²) in [5, 5.41) is 4.32. The Morgan fingerprint density at radius 3 is 2.04 bits per heavy atom. The summed E-state index contributed by atoms with van der Waals surface area (Å²) in [6.45, 7) is 10.9. The number of fused-ring (bicyclic) bond motifs is 1. The summed E-state index contributed by atoms with van der Waals surface area (Å²) in [6, 6.07) is 13.2. The maximum atomic E-state index is 3.01. The molecule has 3 rings (SSSR count). The Labute approximate surface area is 173 Å². The summed E-state index contributed by atoms with van der Waals surface area (Å²) >= 11 is 0. The number of aryl methyl sites for hydroxylation is 2. The van der Waals surface area contributed by atoms with E-state index in [4.69, 9.17) is 0 Å². The molecule has 0 unspecified atom stereocenters. The first-order chi connectivity index (χ1) is 9.49. The molecule has 3 aromatic rings. The van der Waals surface area contributed by atoms with E-state index in [9.17, 15) is 0 Å². The van der Waals surface area contributed by atoms with Crippen LogP contribution in [-0.4, -0.2) is 13.8 Å². The predicted molar refractivity (Wildman–Crippen MR) is 90.5 cm³/mol. The Morgan fingerprint density at radius 1 is 1.04 bits per heavy atom. The molecular weight excluding hydrogens is 420 g/mol. The molecule has 0 bridgehead atoms. The summed E-state index contributed by atoms with van der Waals surface area (Å²) in [5.74, 6) is 0. The van der Waals surface area contributed by atoms with Crippen LogP contribution in [0, 0.1) is 27.0 Å². The van der Waals surface area contributed by atoms with Gasteiger partial charge in [0.1, 0.15) is 0 Å². The van der Waals surface area contributed by atoms with Crippen LogP contribution in [0.2, 0.25) is 13.1 Å². The Bertz CT molecular complexity index is 651. The van der Waals surface area contributed by atoms with Crippen LogP contribution in [0.1, 0.15) is 16.8 Å². The number of nitrogens with one attached hydrogen (secondary N) is 1. The molecule has 0 amide bonds. The number of aromatic nitrogens is 1. The van der Waals surface area contributed by atoms with Gasteiger partial charge in [0, 0.05) is 0 Å². The maximum Gasteiger partial charge on any atom is 4.00 e. The van der Waals surface area contributed by atoms with Crippen molar-refractivity contribution in [2.45, 2.75) is 33.9 Å². The van der Waals surface area contributed by atoms with Crippen molar-refractivity contribution in [3.63, 3.8) is 0 Å². The van der Waals surface area contributed by atoms with E-state index in [1.807, 2.05) is 0 Å². The molecule has 0 aliphatic heterocycles. The molecule has 0 saturated heterocycles. The molecule has 0 atom stereocenters. The molecule has 121 valence electrons. The zero-order valence-electron chi connectivity index (χ0n) is 14.2. The van der Waals surface area contributed by atoms with Gasteiger partial charge in [-0.15, -0.1) is 41.5 Å². The smallest absolute Gasteiger partial charge is 1.00 e. The number of halogens is 2. The van der Waals surface area contributed by atoms with E-state index in [-0.39, 0.29) is 59.8 Å². The molecule has 1 aromatic heterocycles. The van der Waals surface area contributed by atoms with Crippen LogP contribution < -0.4 is 30.0 Å². The van der Waals surface area contributed by atoms with Crippen molar-refractivity contribution in [1.82, 2.24) is 4.98 Å². The van der Waals surface area contributed by atoms with Gasteiger partial charge in [-0.2, -0.15) is 27.8 Å². The quantitative estimate of drug-likeness (QED) is 0.341. The fourth-order valence-corrected chi connectivity index (χ4v) is 2.98. The van der Waals surface area contributed by atoms with E-state index in [1.165, 1.54) is 27.6 Å². The minimum absolute atomic E-state index is 0. The second-order valence-electron chi connectivity index (χ2n) is 5.50. The first kappa shape index (κ1) is 25.0. The van der Waals surface area contributed by atoms with Gasteiger partial charge in [0.2, 0.25) is 0 Å². The molecule has 2 aromatic carbocycles. The minimum atomic E-state index is -0.273. The number of hydrogen-bond acceptors (Lipinski definition) is 0. The standard InChI is InChI=1S/C11H12Si.C7H10N.2ClH.Zr/c1-12(2)11-7-9-5-3-4-6-10(9)8-11;1-5-4-8-7(3)6(5)2;;;/h3-8H,1-2H3;8H,1-3H3;2*1H;/q2*-1;;;+4/p-2. The van der Waals surface area contributed by atoms with Crippen molar-refractivity contribution in [3.8, 4) is 0 Å². The molecule has 0 spiro atoms. The third kappa shape index (κ3) is 6.66. The second-order valence-corrected chi connectivity index (χ2v) is 8.08. The first-order valence-corrected chi connectivity index (χ1v) is 9.48. The van der Waals surface area contributed by atoms with E-state index in [0.29, 0.717) is 0 Å². The van der Waals surface area contributed by atoms with Crippen molar-refractivity contribution < 1.29 is 51.0 Å². The average Bonchev–Trinajstić information content (AvgIpc) is 2.99. The minimum Gasteiger partial charge on any atom is -1.00 e. The van der Waals surface area contributed by atoms with Gasteiger partial charge in [-0.3, -0.25) is 0 Å². The first-order valence-electron chi connectivity index (χ1n) is 6.98. The van der Waals surface area contributed by atoms with Crippen LogP contribution >= 0.6 is 0 Å². The number of benzene rings is 1. The summed E-state index contributed by atoms with van der Waals surface area (Å²) in [5.41, 5.74) is 3.77. The predicted octanol–water partition coefficient (Wildman–Crippen LogP) is -1.73. The third-order valence-corrected chi connectivity index (χ3v) is 5.20. The Hall–Kier alpha value is -0.210. The van der Waals surface area contributed by atoms with Crippen LogP contribution in [-0.2, 0) is 26.2 Å². The zero-order chi connectivity index (χ0) is 14.7. The number of hydrogen-bond donors (Lipinski definition) is 1. The SMILES string of the molecule is C[Si](C)c1cc2ccccc2[cH-]1.Cc1[c-][nH]c(C)c1C.[Cl-].[Cl-].[Zr+4]. The van der Waals surface area contributed by atoms with Gasteiger partial charge < -0.3 is 29.8 Å². The normalized spacial score (nSPS) is 9.30. The Kier molecular flexibility index (Phi) is 12.4. The summed E-state index contributed by atoms with van der Waals surface area (Å²) in [4.78, 5) is 3.01. The van der Waals surface area contributed by atoms with Crippen molar-refractivity contribution in [3.05, 3.63) is 59.4 Å². The maximum absolute atomic E-state index is 3.01. The van der Waals surface area contributed by atoms with Gasteiger partial charge in [-0.1, -0.05) is 39.9 Å². The van der Waals surface area contributed by atoms with Gasteiger partial charge in [0.15, 0.2) is 0 Å². The van der Waals surface area contributed by atoms with Gasteiger partial charge >= 0.3 is 26.2 Å². The van der Waals surface area contributed by atoms with Crippen LogP contribution in [0.4, 0.5) is 0 Å². The van der Waals surface area contributed by atoms with Crippen molar-refractivity contribution in [2.24, 2.45) is 0 Å². The second kappa shape index (κ2) is 11.4. The fraction of sp³-hybridized carbons (Fsp3) is 0.278. The number of rotatable bonds is 1. The van der Waals surface area contributed by atoms with Gasteiger partial charge in [-0.25, -0.2) is 0 Å². The average molecular weight is 443 g/mol. The third-order valence-electron chi connectivity index (χ3n) is 3.76. The molecular formula is C18H22Cl2NSiZr. The van der Waals surface area contributed by atoms with Crippen molar-refractivity contribution in [2.75, 3.05) is 0 Å². The summed E-state index contributed by atoms with van der Waals surface area (Å²) < 4.78 is 0. The van der Waals surface area contributed by atoms with Gasteiger partial charge in [-0.05, 0) is 0 Å². The Balaban J connectivity index is 0. The van der Waals surface area contributed by atoms with Crippen molar-refractivity contribution >= 4 is 24.8 Å². The zero-order valence-corrected chi connectivity index (χ0v) is 19.2. The molecule has 0 aliphatic rings. The van der Waals surface area contributed by atoms with Gasteiger partial charge in [0.25, 0.3) is 0 Å². The van der Waals surface area contributed by atoms with Crippen LogP contribution in [0.5, 0.6) is 0 Å². The van der Waals surface area contributed by atoms with Crippen LogP contribution in [0.25, 0.3) is 10.8 Å². The number of aromatic amines is 1. The summed E-state index contributed by atoms with van der Waals surface area (Å²) in [6.07, 6.45) is 3.01. The Morgan fingerprint density at radius 2 is 1.65 bits per heavy atom. The van der Waals surface area contributed by atoms with Crippen molar-refractivity contribution in [1.29, 1.82) is 0 Å². The van der Waals surface area contributed by atoms with E-state index in [2.05, 4.69) is 81.4 Å². The molecule has 1 N–H and O–H groups in total. The molecule has 0 aliphatic carbocycles. The van der Waals surface area contributed by atoms with E-state index >= 15 is 0 Å². The molecule has 1 heterocycles. The van der Waals surface area contributed by atoms with Crippen LogP contribution in [0.15, 0.2) is 36.4 Å².